The maximum atomic E-state index is 14.2. The van der Waals surface area contributed by atoms with Crippen LogP contribution in [-0.2, 0) is 36.9 Å². The number of benzene rings is 1. The van der Waals surface area contributed by atoms with Gasteiger partial charge >= 0.3 is 0 Å². The molecule has 4 N–H and O–H groups in total. The molecule has 1 amide bonds. The Morgan fingerprint density at radius 1 is 1.14 bits per heavy atom. The van der Waals surface area contributed by atoms with Crippen LogP contribution in [0.1, 0.15) is 34.8 Å². The predicted octanol–water partition coefficient (Wildman–Crippen LogP) is -0.353. The zero-order valence-electron chi connectivity index (χ0n) is 25.3. The van der Waals surface area contributed by atoms with E-state index in [9.17, 15) is 34.2 Å². The second kappa shape index (κ2) is 11.5. The van der Waals surface area contributed by atoms with Gasteiger partial charge in [0, 0.05) is 58.1 Å². The summed E-state index contributed by atoms with van der Waals surface area (Å²) in [7, 11) is 10.3. The topological polar surface area (TPSA) is 171 Å². The van der Waals surface area contributed by atoms with E-state index >= 15 is 0 Å². The molecule has 0 heterocycles. The standard InChI is InChI=1S/C30H42N4O8/c1-14(13-42-7)11-34(6)12-16-10-19(32(2)3)17-8-15-9-18-23(33(4)5)26(37)22(29(31)40)28(39)30(18,41)27(38)20(15)25(36)21(17)24(16)35/h10,14-15,18,20,22-23,35,41H,8-9,11-13H2,1-7H3,(H2,31,40)/t14?,15-,18-,20?,22?,23-,30-/m0/s1. The second-order valence-corrected chi connectivity index (χ2v) is 12.7. The fraction of sp³-hybridized carbons (Fsp3) is 0.633. The molecule has 12 nitrogen and oxygen atoms in total. The van der Waals surface area contributed by atoms with E-state index < -0.39 is 64.4 Å². The van der Waals surface area contributed by atoms with Crippen molar-refractivity contribution in [3.8, 4) is 5.75 Å². The average molecular weight is 587 g/mol. The van der Waals surface area contributed by atoms with Gasteiger partial charge in [-0.2, -0.15) is 0 Å². The summed E-state index contributed by atoms with van der Waals surface area (Å²) in [6.45, 7) is 3.59. The van der Waals surface area contributed by atoms with E-state index in [0.717, 1.165) is 0 Å². The highest BCUT2D eigenvalue weighted by Gasteiger charge is 2.69. The first-order valence-corrected chi connectivity index (χ1v) is 14.1. The normalized spacial score (nSPS) is 29.8. The van der Waals surface area contributed by atoms with Crippen LogP contribution < -0.4 is 10.6 Å². The van der Waals surface area contributed by atoms with Crippen LogP contribution in [-0.4, -0.2) is 116 Å². The van der Waals surface area contributed by atoms with Gasteiger partial charge in [-0.15, -0.1) is 0 Å². The van der Waals surface area contributed by atoms with Crippen molar-refractivity contribution < 1.29 is 38.9 Å². The summed E-state index contributed by atoms with van der Waals surface area (Å²) in [6, 6.07) is 0.709. The molecule has 0 bridgehead atoms. The van der Waals surface area contributed by atoms with Gasteiger partial charge in [0.05, 0.1) is 17.5 Å². The SMILES string of the molecule is COCC(C)CN(C)Cc1cc(N(C)C)c2c(c1O)C(=O)C1C(=O)[C@]3(O)C(=O)C(C(N)=O)C(=O)[C@@H](N(C)C)[C@@H]3C[C@@H]1C2. The summed E-state index contributed by atoms with van der Waals surface area (Å²) >= 11 is 0. The number of nitrogens with zero attached hydrogens (tertiary/aromatic N) is 3. The number of Topliss-reactive ketones (excluding diaryl/α,β-unsaturated/α-hetero) is 4. The van der Waals surface area contributed by atoms with Crippen molar-refractivity contribution in [1.82, 2.24) is 9.80 Å². The monoisotopic (exact) mass is 586 g/mol. The van der Waals surface area contributed by atoms with Crippen molar-refractivity contribution in [3.63, 3.8) is 0 Å². The van der Waals surface area contributed by atoms with Crippen LogP contribution in [0, 0.1) is 29.6 Å². The van der Waals surface area contributed by atoms with Gasteiger partial charge < -0.3 is 30.5 Å². The summed E-state index contributed by atoms with van der Waals surface area (Å²) in [5, 5.41) is 23.2. The van der Waals surface area contributed by atoms with Crippen molar-refractivity contribution in [2.75, 3.05) is 60.4 Å². The average Bonchev–Trinajstić information content (AvgIpc) is 2.87. The summed E-state index contributed by atoms with van der Waals surface area (Å²) in [4.78, 5) is 72.5. The lowest BCUT2D eigenvalue weighted by Gasteiger charge is -2.52. The van der Waals surface area contributed by atoms with Crippen molar-refractivity contribution in [3.05, 3.63) is 22.8 Å². The number of fused-ring (bicyclic) bond motifs is 3. The number of nitrogens with two attached hydrogens (primary N) is 1. The summed E-state index contributed by atoms with van der Waals surface area (Å²) in [5.41, 5.74) is 4.43. The number of aliphatic hydroxyl groups is 1. The lowest BCUT2D eigenvalue weighted by atomic mass is 9.52. The minimum atomic E-state index is -2.74. The number of phenols is 1. The van der Waals surface area contributed by atoms with Crippen LogP contribution in [0.5, 0.6) is 5.75 Å². The molecule has 0 spiro atoms. The number of hydrogen-bond acceptors (Lipinski definition) is 11. The van der Waals surface area contributed by atoms with Crippen LogP contribution in [0.25, 0.3) is 0 Å². The number of rotatable bonds is 9. The van der Waals surface area contributed by atoms with E-state index in [0.29, 0.717) is 36.5 Å². The number of anilines is 1. The molecule has 0 saturated heterocycles. The molecule has 3 unspecified atom stereocenters. The Labute approximate surface area is 245 Å². The molecule has 230 valence electrons. The van der Waals surface area contributed by atoms with Gasteiger partial charge in [-0.3, -0.25) is 28.9 Å². The largest absolute Gasteiger partial charge is 0.507 e. The molecule has 3 aliphatic rings. The number of primary amides is 1. The van der Waals surface area contributed by atoms with E-state index in [-0.39, 0.29) is 30.1 Å². The molecule has 0 aliphatic heterocycles. The number of ketones is 4. The Balaban J connectivity index is 1.81. The van der Waals surface area contributed by atoms with Crippen LogP contribution in [0.2, 0.25) is 0 Å². The Hall–Kier alpha value is -3.19. The lowest BCUT2D eigenvalue weighted by molar-refractivity contribution is -0.181. The number of carbonyl (C=O) groups excluding carboxylic acids is 5. The van der Waals surface area contributed by atoms with E-state index in [1.165, 1.54) is 4.90 Å². The highest BCUT2D eigenvalue weighted by molar-refractivity contribution is 6.32. The van der Waals surface area contributed by atoms with Gasteiger partial charge in [-0.25, -0.2) is 0 Å². The van der Waals surface area contributed by atoms with Gasteiger partial charge in [-0.1, -0.05) is 6.92 Å². The minimum absolute atomic E-state index is 0.00105. The van der Waals surface area contributed by atoms with Crippen LogP contribution in [0.15, 0.2) is 6.07 Å². The molecule has 2 fully saturated rings. The number of phenolic OH excluding ortho intramolecular Hbond substituents is 1. The molecule has 1 aromatic rings. The maximum Gasteiger partial charge on any atom is 0.235 e. The van der Waals surface area contributed by atoms with E-state index in [1.807, 2.05) is 43.9 Å². The third-order valence-electron chi connectivity index (χ3n) is 9.11. The van der Waals surface area contributed by atoms with Crippen LogP contribution >= 0.6 is 0 Å². The summed E-state index contributed by atoms with van der Waals surface area (Å²) < 4.78 is 5.23. The van der Waals surface area contributed by atoms with Crippen molar-refractivity contribution in [2.24, 2.45) is 35.3 Å². The highest BCUT2D eigenvalue weighted by Crippen LogP contribution is 2.52. The fourth-order valence-electron chi connectivity index (χ4n) is 7.45. The zero-order chi connectivity index (χ0) is 31.4. The van der Waals surface area contributed by atoms with Gasteiger partial charge in [0.1, 0.15) is 5.75 Å². The molecule has 0 aromatic heterocycles. The van der Waals surface area contributed by atoms with Gasteiger partial charge in [0.2, 0.25) is 5.91 Å². The van der Waals surface area contributed by atoms with Crippen molar-refractivity contribution in [1.29, 1.82) is 0 Å². The Morgan fingerprint density at radius 2 is 1.79 bits per heavy atom. The minimum Gasteiger partial charge on any atom is -0.507 e. The lowest BCUT2D eigenvalue weighted by Crippen LogP contribution is -2.74. The Bertz CT molecular complexity index is 1330. The molecular weight excluding hydrogens is 544 g/mol. The second-order valence-electron chi connectivity index (χ2n) is 12.7. The van der Waals surface area contributed by atoms with E-state index in [1.54, 1.807) is 21.2 Å². The number of carbonyl (C=O) groups is 5. The predicted molar refractivity (Wildman–Crippen MR) is 153 cm³/mol. The quantitative estimate of drug-likeness (QED) is 0.323. The van der Waals surface area contributed by atoms with Gasteiger partial charge in [-0.05, 0) is 57.5 Å². The number of amides is 1. The van der Waals surface area contributed by atoms with E-state index in [2.05, 4.69) is 0 Å². The zero-order valence-corrected chi connectivity index (χ0v) is 25.3. The van der Waals surface area contributed by atoms with Crippen molar-refractivity contribution in [2.45, 2.75) is 38.0 Å². The highest BCUT2D eigenvalue weighted by atomic mass is 16.5. The number of hydrogen-bond donors (Lipinski definition) is 3. The maximum absolute atomic E-state index is 14.2. The number of aromatic hydroxyl groups is 1. The van der Waals surface area contributed by atoms with E-state index in [4.69, 9.17) is 10.5 Å². The molecule has 2 saturated carbocycles. The smallest absolute Gasteiger partial charge is 0.235 e. The summed E-state index contributed by atoms with van der Waals surface area (Å²) in [6.07, 6.45) is 0.229. The Morgan fingerprint density at radius 3 is 2.33 bits per heavy atom. The third-order valence-corrected chi connectivity index (χ3v) is 9.11. The first-order chi connectivity index (χ1) is 19.6. The van der Waals surface area contributed by atoms with Crippen LogP contribution in [0.4, 0.5) is 5.69 Å². The fourth-order valence-corrected chi connectivity index (χ4v) is 7.45. The van der Waals surface area contributed by atoms with Crippen molar-refractivity contribution >= 4 is 34.7 Å². The first-order valence-electron chi connectivity index (χ1n) is 14.1. The van der Waals surface area contributed by atoms with Gasteiger partial charge in [0.15, 0.2) is 34.7 Å². The van der Waals surface area contributed by atoms with Crippen LogP contribution in [0.3, 0.4) is 0 Å². The molecule has 1 aromatic carbocycles. The molecule has 4 rings (SSSR count). The number of methoxy groups -OCH3 is 1. The summed E-state index contributed by atoms with van der Waals surface area (Å²) in [5.74, 6) is -10.2. The molecular formula is C30H42N4O8. The molecule has 12 heteroatoms. The first kappa shape index (κ1) is 31.7. The number of likely N-dealkylation sites (N-methyl/N-ethyl adjacent to an activating group) is 1. The molecule has 3 aliphatic carbocycles. The Kier molecular flexibility index (Phi) is 8.67. The number of ether oxygens (including phenoxy) is 1. The molecule has 42 heavy (non-hydrogen) atoms. The third kappa shape index (κ3) is 4.93. The van der Waals surface area contributed by atoms with Gasteiger partial charge in [0.25, 0.3) is 0 Å². The molecule has 7 atom stereocenters. The molecule has 0 radical (unpaired) electrons.